The summed E-state index contributed by atoms with van der Waals surface area (Å²) < 4.78 is 1.81. The van der Waals surface area contributed by atoms with Crippen molar-refractivity contribution < 1.29 is 4.79 Å². The summed E-state index contributed by atoms with van der Waals surface area (Å²) in [6.45, 7) is 2.50. The van der Waals surface area contributed by atoms with E-state index in [2.05, 4.69) is 15.4 Å². The molecule has 2 heterocycles. The maximum absolute atomic E-state index is 12.9. The second-order valence-electron chi connectivity index (χ2n) is 6.19. The molecule has 4 aromatic rings. The summed E-state index contributed by atoms with van der Waals surface area (Å²) in [7, 11) is 0. The molecule has 134 valence electrons. The molecule has 27 heavy (non-hydrogen) atoms. The third kappa shape index (κ3) is 3.96. The fraction of sp³-hybridized carbons (Fsp3) is 0.0952. The first-order chi connectivity index (χ1) is 13.2. The van der Waals surface area contributed by atoms with Crippen LogP contribution in [-0.4, -0.2) is 20.7 Å². The van der Waals surface area contributed by atoms with Gasteiger partial charge in [0.05, 0.1) is 17.8 Å². The molecule has 6 heteroatoms. The number of hydrogen-bond donors (Lipinski definition) is 1. The van der Waals surface area contributed by atoms with Gasteiger partial charge in [-0.15, -0.1) is 11.3 Å². The summed E-state index contributed by atoms with van der Waals surface area (Å²) in [6, 6.07) is 19.8. The van der Waals surface area contributed by atoms with E-state index in [-0.39, 0.29) is 5.91 Å². The van der Waals surface area contributed by atoms with Crippen LogP contribution in [0.2, 0.25) is 0 Å². The van der Waals surface area contributed by atoms with E-state index in [1.165, 1.54) is 11.3 Å². The van der Waals surface area contributed by atoms with Crippen molar-refractivity contribution in [3.05, 3.63) is 89.1 Å². The van der Waals surface area contributed by atoms with E-state index in [0.717, 1.165) is 16.8 Å². The van der Waals surface area contributed by atoms with Crippen LogP contribution in [0.25, 0.3) is 11.3 Å². The Labute approximate surface area is 161 Å². The van der Waals surface area contributed by atoms with Crippen molar-refractivity contribution in [3.8, 4) is 11.3 Å². The molecular weight excluding hydrogens is 356 g/mol. The Morgan fingerprint density at radius 1 is 1.07 bits per heavy atom. The van der Waals surface area contributed by atoms with Gasteiger partial charge in [0.25, 0.3) is 5.91 Å². The van der Waals surface area contributed by atoms with E-state index in [1.54, 1.807) is 10.9 Å². The number of aromatic nitrogens is 3. The standard InChI is InChI=1S/C21H18N4OS/c1-15-14-27-21(22-15)23-20(26)18-13-25(12-16-8-4-2-5-9-16)24-19(18)17-10-6-3-7-11-17/h2-11,13-14H,12H2,1H3,(H,22,23,26). The van der Waals surface area contributed by atoms with Gasteiger partial charge < -0.3 is 0 Å². The van der Waals surface area contributed by atoms with E-state index in [1.807, 2.05) is 73.0 Å². The van der Waals surface area contributed by atoms with Crippen molar-refractivity contribution in [1.29, 1.82) is 0 Å². The quantitative estimate of drug-likeness (QED) is 0.555. The van der Waals surface area contributed by atoms with Gasteiger partial charge in [-0.05, 0) is 12.5 Å². The zero-order chi connectivity index (χ0) is 18.6. The van der Waals surface area contributed by atoms with Gasteiger partial charge in [-0.25, -0.2) is 4.98 Å². The number of carbonyl (C=O) groups excluding carboxylic acids is 1. The first-order valence-corrected chi connectivity index (χ1v) is 9.47. The highest BCUT2D eigenvalue weighted by Gasteiger charge is 2.19. The number of hydrogen-bond acceptors (Lipinski definition) is 4. The van der Waals surface area contributed by atoms with Crippen LogP contribution < -0.4 is 5.32 Å². The third-order valence-electron chi connectivity index (χ3n) is 4.08. The summed E-state index contributed by atoms with van der Waals surface area (Å²) in [5.74, 6) is -0.206. The van der Waals surface area contributed by atoms with Gasteiger partial charge in [0.15, 0.2) is 5.13 Å². The lowest BCUT2D eigenvalue weighted by atomic mass is 10.1. The molecular formula is C21H18N4OS. The topological polar surface area (TPSA) is 59.8 Å². The maximum Gasteiger partial charge on any atom is 0.261 e. The van der Waals surface area contributed by atoms with Gasteiger partial charge in [0, 0.05) is 17.1 Å². The molecule has 2 aromatic carbocycles. The predicted octanol–water partition coefficient (Wildman–Crippen LogP) is 4.62. The lowest BCUT2D eigenvalue weighted by Crippen LogP contribution is -2.12. The molecule has 0 saturated heterocycles. The molecule has 0 bridgehead atoms. The Hall–Kier alpha value is -3.25. The largest absolute Gasteiger partial charge is 0.298 e. The van der Waals surface area contributed by atoms with Crippen LogP contribution in [0.15, 0.2) is 72.2 Å². The van der Waals surface area contributed by atoms with Gasteiger partial charge >= 0.3 is 0 Å². The zero-order valence-corrected chi connectivity index (χ0v) is 15.6. The van der Waals surface area contributed by atoms with Crippen LogP contribution in [0.1, 0.15) is 21.6 Å². The molecule has 4 rings (SSSR count). The van der Waals surface area contributed by atoms with Crippen molar-refractivity contribution >= 4 is 22.4 Å². The van der Waals surface area contributed by atoms with Gasteiger partial charge in [0.2, 0.25) is 0 Å². The molecule has 1 N–H and O–H groups in total. The highest BCUT2D eigenvalue weighted by molar-refractivity contribution is 7.13. The number of thiazole rings is 1. The fourth-order valence-corrected chi connectivity index (χ4v) is 3.51. The Bertz CT molecular complexity index is 1050. The van der Waals surface area contributed by atoms with Crippen LogP contribution in [0.5, 0.6) is 0 Å². The SMILES string of the molecule is Cc1csc(NC(=O)c2cn(Cc3ccccc3)nc2-c2ccccc2)n1. The number of nitrogens with zero attached hydrogens (tertiary/aromatic N) is 3. The Balaban J connectivity index is 1.68. The molecule has 0 fully saturated rings. The Morgan fingerprint density at radius 2 is 1.78 bits per heavy atom. The molecule has 2 aromatic heterocycles. The van der Waals surface area contributed by atoms with Crippen LogP contribution in [0, 0.1) is 6.92 Å². The van der Waals surface area contributed by atoms with Gasteiger partial charge in [-0.2, -0.15) is 5.10 Å². The number of nitrogens with one attached hydrogen (secondary N) is 1. The molecule has 0 atom stereocenters. The van der Waals surface area contributed by atoms with E-state index in [9.17, 15) is 4.79 Å². The maximum atomic E-state index is 12.9. The molecule has 0 aliphatic rings. The molecule has 0 aliphatic heterocycles. The molecule has 5 nitrogen and oxygen atoms in total. The van der Waals surface area contributed by atoms with E-state index in [4.69, 9.17) is 0 Å². The minimum Gasteiger partial charge on any atom is -0.298 e. The number of anilines is 1. The third-order valence-corrected chi connectivity index (χ3v) is 4.96. The molecule has 0 unspecified atom stereocenters. The average molecular weight is 374 g/mol. The number of rotatable bonds is 5. The normalized spacial score (nSPS) is 10.7. The lowest BCUT2D eigenvalue weighted by molar-refractivity contribution is 0.102. The van der Waals surface area contributed by atoms with E-state index >= 15 is 0 Å². The monoisotopic (exact) mass is 374 g/mol. The first-order valence-electron chi connectivity index (χ1n) is 8.59. The minimum atomic E-state index is -0.206. The minimum absolute atomic E-state index is 0.206. The summed E-state index contributed by atoms with van der Waals surface area (Å²) in [4.78, 5) is 17.2. The number of carbonyl (C=O) groups is 1. The van der Waals surface area contributed by atoms with Crippen molar-refractivity contribution in [2.75, 3.05) is 5.32 Å². The van der Waals surface area contributed by atoms with Crippen molar-refractivity contribution in [1.82, 2.24) is 14.8 Å². The predicted molar refractivity (Wildman–Crippen MR) is 108 cm³/mol. The van der Waals surface area contributed by atoms with Gasteiger partial charge in [0.1, 0.15) is 5.69 Å². The second kappa shape index (κ2) is 7.55. The second-order valence-corrected chi connectivity index (χ2v) is 7.05. The lowest BCUT2D eigenvalue weighted by Gasteiger charge is -2.02. The van der Waals surface area contributed by atoms with Crippen molar-refractivity contribution in [2.24, 2.45) is 0 Å². The van der Waals surface area contributed by atoms with Crippen LogP contribution in [0.4, 0.5) is 5.13 Å². The molecule has 0 aliphatic carbocycles. The smallest absolute Gasteiger partial charge is 0.261 e. The molecule has 0 radical (unpaired) electrons. The summed E-state index contributed by atoms with van der Waals surface area (Å²) in [5.41, 5.74) is 4.12. The zero-order valence-electron chi connectivity index (χ0n) is 14.8. The highest BCUT2D eigenvalue weighted by Crippen LogP contribution is 2.24. The van der Waals surface area contributed by atoms with Crippen molar-refractivity contribution in [2.45, 2.75) is 13.5 Å². The summed E-state index contributed by atoms with van der Waals surface area (Å²) >= 11 is 1.41. The van der Waals surface area contributed by atoms with Crippen LogP contribution >= 0.6 is 11.3 Å². The van der Waals surface area contributed by atoms with Gasteiger partial charge in [-0.3, -0.25) is 14.8 Å². The summed E-state index contributed by atoms with van der Waals surface area (Å²) in [5, 5.41) is 10.1. The summed E-state index contributed by atoms with van der Waals surface area (Å²) in [6.07, 6.45) is 1.80. The van der Waals surface area contributed by atoms with Gasteiger partial charge in [-0.1, -0.05) is 60.7 Å². The highest BCUT2D eigenvalue weighted by atomic mass is 32.1. The molecule has 1 amide bonds. The van der Waals surface area contributed by atoms with Crippen LogP contribution in [0.3, 0.4) is 0 Å². The average Bonchev–Trinajstić information content (AvgIpc) is 3.29. The fourth-order valence-electron chi connectivity index (χ4n) is 2.82. The number of amides is 1. The number of benzene rings is 2. The number of aryl methyl sites for hydroxylation is 1. The van der Waals surface area contributed by atoms with Crippen molar-refractivity contribution in [3.63, 3.8) is 0 Å². The van der Waals surface area contributed by atoms with Crippen LogP contribution in [-0.2, 0) is 6.54 Å². The Kier molecular flexibility index (Phi) is 4.80. The molecule has 0 saturated carbocycles. The van der Waals surface area contributed by atoms with E-state index in [0.29, 0.717) is 22.9 Å². The Morgan fingerprint density at radius 3 is 2.44 bits per heavy atom. The molecule has 0 spiro atoms. The van der Waals surface area contributed by atoms with E-state index < -0.39 is 0 Å². The first kappa shape index (κ1) is 17.2.